The van der Waals surface area contributed by atoms with Gasteiger partial charge in [0, 0.05) is 31.6 Å². The topological polar surface area (TPSA) is 32.8 Å². The maximum absolute atomic E-state index is 12.7. The fourth-order valence-corrected chi connectivity index (χ4v) is 4.80. The van der Waals surface area contributed by atoms with Crippen molar-refractivity contribution in [3.05, 3.63) is 65.7 Å². The van der Waals surface area contributed by atoms with Crippen LogP contribution >= 0.6 is 0 Å². The highest BCUT2D eigenvalue weighted by atomic mass is 16.5. The summed E-state index contributed by atoms with van der Waals surface area (Å²) in [4.78, 5) is 17.4. The Balaban J connectivity index is 1.43. The molecule has 2 aliphatic rings. The van der Waals surface area contributed by atoms with Crippen molar-refractivity contribution < 1.29 is 9.53 Å². The van der Waals surface area contributed by atoms with E-state index in [1.165, 1.54) is 11.1 Å². The van der Waals surface area contributed by atoms with Gasteiger partial charge in [0.05, 0.1) is 7.11 Å². The van der Waals surface area contributed by atoms with Gasteiger partial charge in [0.2, 0.25) is 5.91 Å². The zero-order valence-electron chi connectivity index (χ0n) is 16.8. The van der Waals surface area contributed by atoms with Gasteiger partial charge in [-0.05, 0) is 55.5 Å². The average molecular weight is 379 g/mol. The maximum atomic E-state index is 12.7. The molecular formula is C24H30N2O2. The lowest BCUT2D eigenvalue weighted by Crippen LogP contribution is -2.45. The van der Waals surface area contributed by atoms with Crippen LogP contribution < -0.4 is 4.74 Å². The van der Waals surface area contributed by atoms with Crippen LogP contribution in [0.4, 0.5) is 0 Å². The van der Waals surface area contributed by atoms with E-state index in [1.54, 1.807) is 7.11 Å². The molecule has 0 radical (unpaired) electrons. The molecular weight excluding hydrogens is 348 g/mol. The number of methoxy groups -OCH3 is 1. The number of likely N-dealkylation sites (tertiary alicyclic amines) is 2. The largest absolute Gasteiger partial charge is 0.497 e. The van der Waals surface area contributed by atoms with Gasteiger partial charge < -0.3 is 9.64 Å². The Bertz CT molecular complexity index is 790. The second-order valence-electron chi connectivity index (χ2n) is 8.17. The first-order valence-corrected chi connectivity index (χ1v) is 10.4. The molecule has 0 aliphatic carbocycles. The molecule has 2 saturated heterocycles. The molecule has 2 heterocycles. The first-order valence-electron chi connectivity index (χ1n) is 10.4. The summed E-state index contributed by atoms with van der Waals surface area (Å²) in [6.45, 7) is 3.86. The summed E-state index contributed by atoms with van der Waals surface area (Å²) in [5.74, 6) is 1.23. The Labute approximate surface area is 168 Å². The van der Waals surface area contributed by atoms with E-state index in [0.717, 1.165) is 57.6 Å². The number of carbonyl (C=O) groups is 1. The third-order valence-corrected chi connectivity index (χ3v) is 6.44. The van der Waals surface area contributed by atoms with E-state index in [9.17, 15) is 4.79 Å². The van der Waals surface area contributed by atoms with Crippen LogP contribution in [0.2, 0.25) is 0 Å². The van der Waals surface area contributed by atoms with Crippen LogP contribution in [0.1, 0.15) is 43.2 Å². The SMILES string of the molecule is COc1ccc(CN2CCCC3(CCC(=O)N3Cc3ccccc3)CC2)cc1. The number of hydrogen-bond acceptors (Lipinski definition) is 3. The highest BCUT2D eigenvalue weighted by Crippen LogP contribution is 2.40. The highest BCUT2D eigenvalue weighted by Gasteiger charge is 2.45. The third kappa shape index (κ3) is 4.07. The molecule has 4 rings (SSSR count). The summed E-state index contributed by atoms with van der Waals surface area (Å²) >= 11 is 0. The molecule has 4 heteroatoms. The van der Waals surface area contributed by atoms with Crippen LogP contribution in [0.15, 0.2) is 54.6 Å². The fourth-order valence-electron chi connectivity index (χ4n) is 4.80. The molecule has 2 aliphatic heterocycles. The number of benzene rings is 2. The summed E-state index contributed by atoms with van der Waals surface area (Å²) in [6.07, 6.45) is 5.04. The van der Waals surface area contributed by atoms with Gasteiger partial charge in [-0.2, -0.15) is 0 Å². The zero-order valence-corrected chi connectivity index (χ0v) is 16.8. The molecule has 1 amide bonds. The van der Waals surface area contributed by atoms with Gasteiger partial charge in [0.15, 0.2) is 0 Å². The molecule has 2 aromatic rings. The Kier molecular flexibility index (Phi) is 5.67. The minimum Gasteiger partial charge on any atom is -0.497 e. The Hall–Kier alpha value is -2.33. The van der Waals surface area contributed by atoms with Crippen LogP contribution in [0.25, 0.3) is 0 Å². The van der Waals surface area contributed by atoms with Gasteiger partial charge in [0.1, 0.15) is 5.75 Å². The van der Waals surface area contributed by atoms with Crippen LogP contribution in [-0.2, 0) is 17.9 Å². The molecule has 148 valence electrons. The summed E-state index contributed by atoms with van der Waals surface area (Å²) in [6, 6.07) is 18.8. The van der Waals surface area contributed by atoms with Crippen molar-refractivity contribution >= 4 is 5.91 Å². The van der Waals surface area contributed by atoms with Gasteiger partial charge in [-0.25, -0.2) is 0 Å². The van der Waals surface area contributed by atoms with Gasteiger partial charge in [-0.15, -0.1) is 0 Å². The Morgan fingerprint density at radius 1 is 0.893 bits per heavy atom. The quantitative estimate of drug-likeness (QED) is 0.780. The number of ether oxygens (including phenoxy) is 1. The Morgan fingerprint density at radius 2 is 1.64 bits per heavy atom. The molecule has 4 nitrogen and oxygen atoms in total. The molecule has 0 N–H and O–H groups in total. The molecule has 2 fully saturated rings. The van der Waals surface area contributed by atoms with E-state index in [2.05, 4.69) is 46.2 Å². The van der Waals surface area contributed by atoms with Crippen molar-refractivity contribution in [1.82, 2.24) is 9.80 Å². The minimum atomic E-state index is 0.0432. The fraction of sp³-hybridized carbons (Fsp3) is 0.458. The van der Waals surface area contributed by atoms with E-state index < -0.39 is 0 Å². The van der Waals surface area contributed by atoms with Crippen molar-refractivity contribution in [3.63, 3.8) is 0 Å². The summed E-state index contributed by atoms with van der Waals surface area (Å²) in [7, 11) is 1.70. The lowest BCUT2D eigenvalue weighted by Gasteiger charge is -2.38. The van der Waals surface area contributed by atoms with E-state index in [0.29, 0.717) is 12.3 Å². The molecule has 0 bridgehead atoms. The predicted octanol–water partition coefficient (Wildman–Crippen LogP) is 4.24. The number of hydrogen-bond donors (Lipinski definition) is 0. The van der Waals surface area contributed by atoms with Crippen LogP contribution in [0.3, 0.4) is 0 Å². The van der Waals surface area contributed by atoms with Gasteiger partial charge in [0.25, 0.3) is 0 Å². The average Bonchev–Trinajstić information content (AvgIpc) is 2.90. The van der Waals surface area contributed by atoms with Gasteiger partial charge in [-0.3, -0.25) is 9.69 Å². The van der Waals surface area contributed by atoms with Crippen molar-refractivity contribution in [2.45, 2.75) is 50.7 Å². The van der Waals surface area contributed by atoms with Crippen molar-refractivity contribution in [3.8, 4) is 5.75 Å². The molecule has 2 aromatic carbocycles. The summed E-state index contributed by atoms with van der Waals surface area (Å²) in [5.41, 5.74) is 2.60. The zero-order chi connectivity index (χ0) is 19.4. The molecule has 28 heavy (non-hydrogen) atoms. The minimum absolute atomic E-state index is 0.0432. The van der Waals surface area contributed by atoms with Crippen LogP contribution in [0, 0.1) is 0 Å². The van der Waals surface area contributed by atoms with Crippen molar-refractivity contribution in [1.29, 1.82) is 0 Å². The maximum Gasteiger partial charge on any atom is 0.223 e. The van der Waals surface area contributed by atoms with Gasteiger partial charge >= 0.3 is 0 Å². The highest BCUT2D eigenvalue weighted by molar-refractivity contribution is 5.79. The molecule has 0 saturated carbocycles. The molecule has 1 unspecified atom stereocenters. The van der Waals surface area contributed by atoms with Crippen LogP contribution in [-0.4, -0.2) is 41.4 Å². The van der Waals surface area contributed by atoms with E-state index in [4.69, 9.17) is 4.74 Å². The van der Waals surface area contributed by atoms with Crippen molar-refractivity contribution in [2.75, 3.05) is 20.2 Å². The first-order chi connectivity index (χ1) is 13.7. The molecule has 0 aromatic heterocycles. The monoisotopic (exact) mass is 378 g/mol. The number of carbonyl (C=O) groups excluding carboxylic acids is 1. The number of nitrogens with zero attached hydrogens (tertiary/aromatic N) is 2. The normalized spacial score (nSPS) is 23.2. The molecule has 1 spiro atoms. The Morgan fingerprint density at radius 3 is 2.39 bits per heavy atom. The van der Waals surface area contributed by atoms with Gasteiger partial charge in [-0.1, -0.05) is 42.5 Å². The number of rotatable bonds is 5. The lowest BCUT2D eigenvalue weighted by molar-refractivity contribution is -0.132. The second-order valence-corrected chi connectivity index (χ2v) is 8.17. The van der Waals surface area contributed by atoms with E-state index in [1.807, 2.05) is 18.2 Å². The number of amides is 1. The smallest absolute Gasteiger partial charge is 0.223 e. The van der Waals surface area contributed by atoms with Crippen molar-refractivity contribution in [2.24, 2.45) is 0 Å². The van der Waals surface area contributed by atoms with Crippen LogP contribution in [0.5, 0.6) is 5.75 Å². The summed E-state index contributed by atoms with van der Waals surface area (Å²) < 4.78 is 5.26. The molecule has 1 atom stereocenters. The second kappa shape index (κ2) is 8.36. The third-order valence-electron chi connectivity index (χ3n) is 6.44. The predicted molar refractivity (Wildman–Crippen MR) is 111 cm³/mol. The van der Waals surface area contributed by atoms with E-state index in [-0.39, 0.29) is 5.54 Å². The first kappa shape index (κ1) is 19.0. The standard InChI is InChI=1S/C24H30N2O2/c1-28-22-10-8-21(9-11-22)18-25-16-5-13-24(15-17-25)14-12-23(27)26(24)19-20-6-3-2-4-7-20/h2-4,6-11H,5,12-19H2,1H3. The summed E-state index contributed by atoms with van der Waals surface area (Å²) in [5, 5.41) is 0. The van der Waals surface area contributed by atoms with E-state index >= 15 is 0 Å². The lowest BCUT2D eigenvalue weighted by atomic mass is 9.87.